The molecule has 0 spiro atoms. The van der Waals surface area contributed by atoms with Gasteiger partial charge in [0.25, 0.3) is 0 Å². The molecule has 134 valence electrons. The molecule has 1 aromatic rings. The van der Waals surface area contributed by atoms with Gasteiger partial charge in [0.15, 0.2) is 0 Å². The molecule has 0 saturated heterocycles. The lowest BCUT2D eigenvalue weighted by molar-refractivity contribution is -0.129. The third-order valence-corrected chi connectivity index (χ3v) is 3.55. The summed E-state index contributed by atoms with van der Waals surface area (Å²) in [6, 6.07) is 5.18. The van der Waals surface area contributed by atoms with E-state index in [4.69, 9.17) is 9.47 Å². The predicted molar refractivity (Wildman–Crippen MR) is 93.6 cm³/mol. The van der Waals surface area contributed by atoms with E-state index in [-0.39, 0.29) is 18.2 Å². The Morgan fingerprint density at radius 2 is 1.79 bits per heavy atom. The Bertz CT molecular complexity index is 561. The second-order valence-electron chi connectivity index (χ2n) is 5.67. The SMILES string of the molecule is COc1ccc(NC(=O)CCN(CCN(C)C)C(C)=O)c(OC)c1. The van der Waals surface area contributed by atoms with Crippen molar-refractivity contribution in [1.29, 1.82) is 0 Å². The predicted octanol–water partition coefficient (Wildman–Crippen LogP) is 1.44. The van der Waals surface area contributed by atoms with Gasteiger partial charge >= 0.3 is 0 Å². The number of nitrogens with zero attached hydrogens (tertiary/aromatic N) is 2. The molecule has 0 atom stereocenters. The van der Waals surface area contributed by atoms with Crippen LogP contribution in [0.5, 0.6) is 11.5 Å². The lowest BCUT2D eigenvalue weighted by Crippen LogP contribution is -2.37. The van der Waals surface area contributed by atoms with Gasteiger partial charge in [-0.1, -0.05) is 0 Å². The van der Waals surface area contributed by atoms with E-state index in [2.05, 4.69) is 5.32 Å². The molecule has 0 aliphatic rings. The fourth-order valence-electron chi connectivity index (χ4n) is 2.10. The van der Waals surface area contributed by atoms with Crippen molar-refractivity contribution in [3.63, 3.8) is 0 Å². The van der Waals surface area contributed by atoms with Gasteiger partial charge < -0.3 is 24.6 Å². The van der Waals surface area contributed by atoms with Crippen LogP contribution in [0.25, 0.3) is 0 Å². The number of methoxy groups -OCH3 is 2. The number of nitrogens with one attached hydrogen (secondary N) is 1. The molecule has 0 radical (unpaired) electrons. The Kier molecular flexibility index (Phi) is 8.05. The lowest BCUT2D eigenvalue weighted by Gasteiger charge is -2.22. The minimum Gasteiger partial charge on any atom is -0.497 e. The summed E-state index contributed by atoms with van der Waals surface area (Å²) in [5, 5.41) is 2.80. The zero-order valence-electron chi connectivity index (χ0n) is 15.1. The van der Waals surface area contributed by atoms with Crippen molar-refractivity contribution < 1.29 is 19.1 Å². The summed E-state index contributed by atoms with van der Waals surface area (Å²) in [7, 11) is 6.99. The maximum atomic E-state index is 12.2. The van der Waals surface area contributed by atoms with Gasteiger partial charge in [0, 0.05) is 39.0 Å². The van der Waals surface area contributed by atoms with Gasteiger partial charge in [-0.2, -0.15) is 0 Å². The highest BCUT2D eigenvalue weighted by atomic mass is 16.5. The summed E-state index contributed by atoms with van der Waals surface area (Å²) in [5.41, 5.74) is 0.575. The summed E-state index contributed by atoms with van der Waals surface area (Å²) in [4.78, 5) is 27.5. The molecule has 0 unspecified atom stereocenters. The number of likely N-dealkylation sites (N-methyl/N-ethyl adjacent to an activating group) is 1. The summed E-state index contributed by atoms with van der Waals surface area (Å²) in [6.07, 6.45) is 0.224. The van der Waals surface area contributed by atoms with Crippen LogP contribution in [0.15, 0.2) is 18.2 Å². The Balaban J connectivity index is 2.60. The van der Waals surface area contributed by atoms with Crippen LogP contribution in [-0.4, -0.2) is 69.6 Å². The van der Waals surface area contributed by atoms with Crippen molar-refractivity contribution in [2.24, 2.45) is 0 Å². The van der Waals surface area contributed by atoms with E-state index >= 15 is 0 Å². The molecule has 1 N–H and O–H groups in total. The summed E-state index contributed by atoms with van der Waals surface area (Å²) < 4.78 is 10.4. The van der Waals surface area contributed by atoms with Gasteiger partial charge in [-0.3, -0.25) is 9.59 Å². The van der Waals surface area contributed by atoms with Crippen LogP contribution < -0.4 is 14.8 Å². The molecule has 7 heteroatoms. The first kappa shape index (κ1) is 19.8. The maximum Gasteiger partial charge on any atom is 0.226 e. The Hall–Kier alpha value is -2.28. The van der Waals surface area contributed by atoms with Crippen molar-refractivity contribution >= 4 is 17.5 Å². The van der Waals surface area contributed by atoms with Crippen molar-refractivity contribution in [3.05, 3.63) is 18.2 Å². The van der Waals surface area contributed by atoms with Gasteiger partial charge in [-0.25, -0.2) is 0 Å². The first-order valence-electron chi connectivity index (χ1n) is 7.79. The van der Waals surface area contributed by atoms with E-state index < -0.39 is 0 Å². The quantitative estimate of drug-likeness (QED) is 0.738. The third kappa shape index (κ3) is 6.45. The zero-order valence-corrected chi connectivity index (χ0v) is 15.1. The second kappa shape index (κ2) is 9.77. The number of benzene rings is 1. The summed E-state index contributed by atoms with van der Waals surface area (Å²) in [5.74, 6) is 0.969. The lowest BCUT2D eigenvalue weighted by atomic mass is 10.2. The molecule has 0 heterocycles. The minimum absolute atomic E-state index is 0.0355. The number of amides is 2. The van der Waals surface area contributed by atoms with Gasteiger partial charge in [0.05, 0.1) is 19.9 Å². The minimum atomic E-state index is -0.172. The smallest absolute Gasteiger partial charge is 0.226 e. The number of carbonyl (C=O) groups is 2. The molecule has 2 amide bonds. The number of rotatable bonds is 9. The highest BCUT2D eigenvalue weighted by Crippen LogP contribution is 2.29. The van der Waals surface area contributed by atoms with E-state index in [0.717, 1.165) is 6.54 Å². The maximum absolute atomic E-state index is 12.2. The molecule has 1 rings (SSSR count). The molecule has 0 bridgehead atoms. The van der Waals surface area contributed by atoms with E-state index in [1.54, 1.807) is 30.2 Å². The molecule has 0 aliphatic carbocycles. The fraction of sp³-hybridized carbons (Fsp3) is 0.529. The third-order valence-electron chi connectivity index (χ3n) is 3.55. The summed E-state index contributed by atoms with van der Waals surface area (Å²) in [6.45, 7) is 3.25. The van der Waals surface area contributed by atoms with Gasteiger partial charge in [-0.15, -0.1) is 0 Å². The first-order valence-corrected chi connectivity index (χ1v) is 7.79. The number of carbonyl (C=O) groups excluding carboxylic acids is 2. The topological polar surface area (TPSA) is 71.1 Å². The van der Waals surface area contributed by atoms with Crippen LogP contribution in [0.1, 0.15) is 13.3 Å². The van der Waals surface area contributed by atoms with E-state index in [0.29, 0.717) is 30.3 Å². The Morgan fingerprint density at radius 1 is 1.08 bits per heavy atom. The van der Waals surface area contributed by atoms with Crippen LogP contribution >= 0.6 is 0 Å². The molecule has 0 saturated carbocycles. The number of anilines is 1. The second-order valence-corrected chi connectivity index (χ2v) is 5.67. The van der Waals surface area contributed by atoms with Crippen LogP contribution in [0.4, 0.5) is 5.69 Å². The fourth-order valence-corrected chi connectivity index (χ4v) is 2.10. The van der Waals surface area contributed by atoms with E-state index in [1.807, 2.05) is 19.0 Å². The number of hydrogen-bond donors (Lipinski definition) is 1. The monoisotopic (exact) mass is 337 g/mol. The first-order chi connectivity index (χ1) is 11.4. The number of ether oxygens (including phenoxy) is 2. The van der Waals surface area contributed by atoms with Crippen molar-refractivity contribution in [3.8, 4) is 11.5 Å². The molecule has 0 aliphatic heterocycles. The normalized spacial score (nSPS) is 10.4. The molecular weight excluding hydrogens is 310 g/mol. The Labute approximate surface area is 143 Å². The van der Waals surface area contributed by atoms with Crippen LogP contribution in [-0.2, 0) is 9.59 Å². The van der Waals surface area contributed by atoms with E-state index in [9.17, 15) is 9.59 Å². The van der Waals surface area contributed by atoms with Crippen LogP contribution in [0.2, 0.25) is 0 Å². The molecular formula is C17H27N3O4. The van der Waals surface area contributed by atoms with E-state index in [1.165, 1.54) is 14.0 Å². The standard InChI is InChI=1S/C17H27N3O4/c1-13(21)20(11-10-19(2)3)9-8-17(22)18-15-7-6-14(23-4)12-16(15)24-5/h6-7,12H,8-11H2,1-5H3,(H,18,22). The highest BCUT2D eigenvalue weighted by Gasteiger charge is 2.13. The molecule has 7 nitrogen and oxygen atoms in total. The average Bonchev–Trinajstić information content (AvgIpc) is 2.54. The largest absolute Gasteiger partial charge is 0.497 e. The van der Waals surface area contributed by atoms with Gasteiger partial charge in [-0.05, 0) is 26.2 Å². The summed E-state index contributed by atoms with van der Waals surface area (Å²) >= 11 is 0. The molecule has 0 fully saturated rings. The van der Waals surface area contributed by atoms with Gasteiger partial charge in [0.1, 0.15) is 11.5 Å². The average molecular weight is 337 g/mol. The van der Waals surface area contributed by atoms with Crippen molar-refractivity contribution in [2.75, 3.05) is 53.3 Å². The zero-order chi connectivity index (χ0) is 18.1. The molecule has 1 aromatic carbocycles. The molecule has 24 heavy (non-hydrogen) atoms. The Morgan fingerprint density at radius 3 is 2.33 bits per heavy atom. The highest BCUT2D eigenvalue weighted by molar-refractivity contribution is 5.92. The van der Waals surface area contributed by atoms with Crippen molar-refractivity contribution in [1.82, 2.24) is 9.80 Å². The molecule has 0 aromatic heterocycles. The van der Waals surface area contributed by atoms with Crippen molar-refractivity contribution in [2.45, 2.75) is 13.3 Å². The van der Waals surface area contributed by atoms with Crippen LogP contribution in [0.3, 0.4) is 0 Å². The van der Waals surface area contributed by atoms with Crippen LogP contribution in [0, 0.1) is 0 Å². The van der Waals surface area contributed by atoms with Gasteiger partial charge in [0.2, 0.25) is 11.8 Å². The number of hydrogen-bond acceptors (Lipinski definition) is 5.